The molecular formula is C11H16O2. The predicted octanol–water partition coefficient (Wildman–Crippen LogP) is 2.36. The van der Waals surface area contributed by atoms with Gasteiger partial charge in [-0.2, -0.15) is 0 Å². The lowest BCUT2D eigenvalue weighted by Crippen LogP contribution is -2.14. The normalized spacial score (nSPS) is 12.5. The van der Waals surface area contributed by atoms with Crippen molar-refractivity contribution in [1.82, 2.24) is 0 Å². The van der Waals surface area contributed by atoms with Gasteiger partial charge in [0.15, 0.2) is 6.29 Å². The summed E-state index contributed by atoms with van der Waals surface area (Å²) in [6.07, 6.45) is 0.845. The van der Waals surface area contributed by atoms with E-state index in [1.54, 1.807) is 0 Å². The lowest BCUT2D eigenvalue weighted by atomic mass is 10.1. The molecule has 2 nitrogen and oxygen atoms in total. The molecule has 72 valence electrons. The summed E-state index contributed by atoms with van der Waals surface area (Å²) in [5.41, 5.74) is 1.13. The second-order valence-electron chi connectivity index (χ2n) is 2.94. The lowest BCUT2D eigenvalue weighted by molar-refractivity contribution is -0.0197. The Labute approximate surface area is 79.2 Å². The van der Waals surface area contributed by atoms with E-state index in [1.165, 1.54) is 0 Å². The molecule has 0 saturated heterocycles. The summed E-state index contributed by atoms with van der Waals surface area (Å²) in [5, 5.41) is 9.31. The van der Waals surface area contributed by atoms with Gasteiger partial charge in [0.05, 0.1) is 0 Å². The zero-order valence-corrected chi connectivity index (χ0v) is 8.16. The molecule has 0 radical (unpaired) electrons. The van der Waals surface area contributed by atoms with Gasteiger partial charge in [-0.25, -0.2) is 0 Å². The van der Waals surface area contributed by atoms with E-state index in [2.05, 4.69) is 6.92 Å². The van der Waals surface area contributed by atoms with Crippen LogP contribution in [0.25, 0.3) is 0 Å². The van der Waals surface area contributed by atoms with Crippen LogP contribution >= 0.6 is 0 Å². The number of hydrogen-bond donors (Lipinski definition) is 1. The van der Waals surface area contributed by atoms with E-state index >= 15 is 0 Å². The van der Waals surface area contributed by atoms with Crippen LogP contribution in [-0.2, 0) is 6.42 Å². The first-order chi connectivity index (χ1) is 6.27. The van der Waals surface area contributed by atoms with E-state index in [9.17, 15) is 5.11 Å². The number of aliphatic hydroxyl groups is 1. The average Bonchev–Trinajstić information content (AvgIpc) is 2.18. The Bertz CT molecular complexity index is 258. The SMILES string of the molecule is CCc1ccccc1OC(O)CC. The van der Waals surface area contributed by atoms with Gasteiger partial charge in [0.2, 0.25) is 0 Å². The Morgan fingerprint density at radius 1 is 1.31 bits per heavy atom. The van der Waals surface area contributed by atoms with Gasteiger partial charge in [-0.3, -0.25) is 0 Å². The number of rotatable bonds is 4. The van der Waals surface area contributed by atoms with Gasteiger partial charge in [-0.15, -0.1) is 0 Å². The fraction of sp³-hybridized carbons (Fsp3) is 0.455. The first-order valence-corrected chi connectivity index (χ1v) is 4.70. The molecule has 0 heterocycles. The number of benzene rings is 1. The summed E-state index contributed by atoms with van der Waals surface area (Å²) in [6.45, 7) is 3.96. The molecule has 1 unspecified atom stereocenters. The molecule has 1 aromatic carbocycles. The van der Waals surface area contributed by atoms with Gasteiger partial charge in [0.1, 0.15) is 5.75 Å². The first kappa shape index (κ1) is 10.1. The molecule has 0 aliphatic rings. The summed E-state index contributed by atoms with van der Waals surface area (Å²) < 4.78 is 5.34. The maximum absolute atomic E-state index is 9.31. The maximum Gasteiger partial charge on any atom is 0.197 e. The van der Waals surface area contributed by atoms with Gasteiger partial charge in [0.25, 0.3) is 0 Å². The van der Waals surface area contributed by atoms with E-state index in [1.807, 2.05) is 31.2 Å². The molecule has 0 aliphatic heterocycles. The third-order valence-corrected chi connectivity index (χ3v) is 1.97. The third-order valence-electron chi connectivity index (χ3n) is 1.97. The van der Waals surface area contributed by atoms with Crippen LogP contribution < -0.4 is 4.74 Å². The van der Waals surface area contributed by atoms with Crippen LogP contribution in [0.3, 0.4) is 0 Å². The monoisotopic (exact) mass is 180 g/mol. The van der Waals surface area contributed by atoms with Crippen molar-refractivity contribution in [2.45, 2.75) is 33.0 Å². The van der Waals surface area contributed by atoms with Crippen molar-refractivity contribution >= 4 is 0 Å². The Morgan fingerprint density at radius 2 is 2.00 bits per heavy atom. The number of aryl methyl sites for hydroxylation is 1. The van der Waals surface area contributed by atoms with Crippen molar-refractivity contribution in [3.05, 3.63) is 29.8 Å². The summed E-state index contributed by atoms with van der Waals surface area (Å²) in [6, 6.07) is 7.79. The minimum absolute atomic E-state index is 0.609. The zero-order chi connectivity index (χ0) is 9.68. The smallest absolute Gasteiger partial charge is 0.197 e. The van der Waals surface area contributed by atoms with Crippen molar-refractivity contribution in [3.63, 3.8) is 0 Å². The molecule has 1 atom stereocenters. The van der Waals surface area contributed by atoms with Crippen molar-refractivity contribution in [3.8, 4) is 5.75 Å². The third kappa shape index (κ3) is 2.74. The van der Waals surface area contributed by atoms with Crippen LogP contribution in [0, 0.1) is 0 Å². The molecule has 1 N–H and O–H groups in total. The summed E-state index contributed by atoms with van der Waals surface area (Å²) in [7, 11) is 0. The second kappa shape index (κ2) is 4.87. The van der Waals surface area contributed by atoms with Crippen LogP contribution in [0.4, 0.5) is 0 Å². The van der Waals surface area contributed by atoms with Crippen LogP contribution in [0.1, 0.15) is 25.8 Å². The maximum atomic E-state index is 9.31. The van der Waals surface area contributed by atoms with Crippen molar-refractivity contribution in [2.75, 3.05) is 0 Å². The number of ether oxygens (including phenoxy) is 1. The van der Waals surface area contributed by atoms with Crippen molar-refractivity contribution in [2.24, 2.45) is 0 Å². The molecule has 0 aromatic heterocycles. The minimum Gasteiger partial charge on any atom is -0.465 e. The Balaban J connectivity index is 2.74. The van der Waals surface area contributed by atoms with E-state index in [-0.39, 0.29) is 0 Å². The second-order valence-corrected chi connectivity index (χ2v) is 2.94. The fourth-order valence-corrected chi connectivity index (χ4v) is 1.14. The largest absolute Gasteiger partial charge is 0.465 e. The summed E-state index contributed by atoms with van der Waals surface area (Å²) in [5.74, 6) is 0.791. The molecule has 0 saturated carbocycles. The van der Waals surface area contributed by atoms with Gasteiger partial charge in [-0.1, -0.05) is 32.0 Å². The molecule has 0 fully saturated rings. The van der Waals surface area contributed by atoms with Gasteiger partial charge in [-0.05, 0) is 18.1 Å². The van der Waals surface area contributed by atoms with Gasteiger partial charge in [0, 0.05) is 6.42 Å². The predicted molar refractivity (Wildman–Crippen MR) is 52.7 cm³/mol. The van der Waals surface area contributed by atoms with Gasteiger partial charge >= 0.3 is 0 Å². The molecule has 13 heavy (non-hydrogen) atoms. The molecule has 0 bridgehead atoms. The van der Waals surface area contributed by atoms with Crippen molar-refractivity contribution < 1.29 is 9.84 Å². The van der Waals surface area contributed by atoms with Gasteiger partial charge < -0.3 is 9.84 Å². The minimum atomic E-state index is -0.687. The molecular weight excluding hydrogens is 164 g/mol. The van der Waals surface area contributed by atoms with E-state index in [0.717, 1.165) is 17.7 Å². The summed E-state index contributed by atoms with van der Waals surface area (Å²) >= 11 is 0. The van der Waals surface area contributed by atoms with Crippen molar-refractivity contribution in [1.29, 1.82) is 0 Å². The van der Waals surface area contributed by atoms with Crippen LogP contribution in [0.2, 0.25) is 0 Å². The van der Waals surface area contributed by atoms with E-state index in [4.69, 9.17) is 4.74 Å². The topological polar surface area (TPSA) is 29.5 Å². The van der Waals surface area contributed by atoms with E-state index in [0.29, 0.717) is 6.42 Å². The quantitative estimate of drug-likeness (QED) is 0.721. The molecule has 1 rings (SSSR count). The molecule has 0 spiro atoms. The zero-order valence-electron chi connectivity index (χ0n) is 8.16. The Morgan fingerprint density at radius 3 is 2.62 bits per heavy atom. The Hall–Kier alpha value is -1.02. The average molecular weight is 180 g/mol. The number of aliphatic hydroxyl groups excluding tert-OH is 1. The fourth-order valence-electron chi connectivity index (χ4n) is 1.14. The highest BCUT2D eigenvalue weighted by molar-refractivity contribution is 5.33. The molecule has 0 amide bonds. The molecule has 0 aliphatic carbocycles. The highest BCUT2D eigenvalue weighted by atomic mass is 16.6. The highest BCUT2D eigenvalue weighted by Gasteiger charge is 2.05. The van der Waals surface area contributed by atoms with Crippen LogP contribution in [0.15, 0.2) is 24.3 Å². The number of hydrogen-bond acceptors (Lipinski definition) is 2. The standard InChI is InChI=1S/C11H16O2/c1-3-9-7-5-6-8-10(9)13-11(12)4-2/h5-8,11-12H,3-4H2,1-2H3. The molecule has 2 heteroatoms. The summed E-state index contributed by atoms with van der Waals surface area (Å²) in [4.78, 5) is 0. The molecule has 1 aromatic rings. The highest BCUT2D eigenvalue weighted by Crippen LogP contribution is 2.19. The number of para-hydroxylation sites is 1. The van der Waals surface area contributed by atoms with Crippen LogP contribution in [-0.4, -0.2) is 11.4 Å². The lowest BCUT2D eigenvalue weighted by Gasteiger charge is -2.13. The Kier molecular flexibility index (Phi) is 3.77. The first-order valence-electron chi connectivity index (χ1n) is 4.70. The van der Waals surface area contributed by atoms with E-state index < -0.39 is 6.29 Å². The van der Waals surface area contributed by atoms with Crippen LogP contribution in [0.5, 0.6) is 5.75 Å².